The minimum atomic E-state index is -0.508. The molecule has 1 amide bonds. The van der Waals surface area contributed by atoms with Crippen LogP contribution >= 0.6 is 23.7 Å². The molecule has 17 heavy (non-hydrogen) atoms. The molecule has 1 atom stereocenters. The number of nitrogens with zero attached hydrogens (tertiary/aromatic N) is 2. The van der Waals surface area contributed by atoms with E-state index in [1.165, 1.54) is 11.3 Å². The Balaban J connectivity index is 0.00000256. The van der Waals surface area contributed by atoms with Gasteiger partial charge in [0.25, 0.3) is 0 Å². The Hall–Kier alpha value is -0.720. The van der Waals surface area contributed by atoms with Gasteiger partial charge in [0.05, 0.1) is 6.04 Å². The Labute approximate surface area is 112 Å². The zero-order valence-corrected chi connectivity index (χ0v) is 12.1. The van der Waals surface area contributed by atoms with Crippen LogP contribution in [0.3, 0.4) is 0 Å². The van der Waals surface area contributed by atoms with Crippen molar-refractivity contribution in [2.24, 2.45) is 11.7 Å². The van der Waals surface area contributed by atoms with Crippen LogP contribution < -0.4 is 11.1 Å². The van der Waals surface area contributed by atoms with E-state index < -0.39 is 6.04 Å². The van der Waals surface area contributed by atoms with E-state index in [0.29, 0.717) is 11.0 Å². The van der Waals surface area contributed by atoms with Crippen molar-refractivity contribution in [3.8, 4) is 0 Å². The second-order valence-electron chi connectivity index (χ2n) is 4.36. The Bertz CT molecular complexity index is 367. The molecule has 3 N–H and O–H groups in total. The summed E-state index contributed by atoms with van der Waals surface area (Å²) in [7, 11) is 0. The van der Waals surface area contributed by atoms with Crippen molar-refractivity contribution < 1.29 is 4.79 Å². The molecule has 0 aliphatic rings. The number of nitrogens with two attached hydrogens (primary N) is 1. The van der Waals surface area contributed by atoms with Gasteiger partial charge in [-0.1, -0.05) is 39.0 Å². The number of halogens is 1. The van der Waals surface area contributed by atoms with Crippen molar-refractivity contribution in [3.05, 3.63) is 5.01 Å². The summed E-state index contributed by atoms with van der Waals surface area (Å²) < 4.78 is 0. The first-order chi connectivity index (χ1) is 7.41. The van der Waals surface area contributed by atoms with E-state index in [9.17, 15) is 4.79 Å². The molecule has 0 spiro atoms. The van der Waals surface area contributed by atoms with Gasteiger partial charge in [-0.25, -0.2) is 0 Å². The summed E-state index contributed by atoms with van der Waals surface area (Å²) in [5.41, 5.74) is 5.72. The topological polar surface area (TPSA) is 80.9 Å². The molecule has 0 aliphatic carbocycles. The summed E-state index contributed by atoms with van der Waals surface area (Å²) in [6.45, 7) is 7.88. The van der Waals surface area contributed by atoms with Gasteiger partial charge in [0.15, 0.2) is 0 Å². The predicted octanol–water partition coefficient (Wildman–Crippen LogP) is 2.01. The maximum absolute atomic E-state index is 11.6. The maximum atomic E-state index is 11.6. The molecule has 1 aromatic heterocycles. The third-order valence-electron chi connectivity index (χ3n) is 2.19. The third kappa shape index (κ3) is 4.57. The number of rotatable bonds is 4. The Morgan fingerprint density at radius 1 is 1.29 bits per heavy atom. The number of nitrogens with one attached hydrogen (secondary N) is 1. The quantitative estimate of drug-likeness (QED) is 0.883. The van der Waals surface area contributed by atoms with Crippen molar-refractivity contribution >= 4 is 34.8 Å². The monoisotopic (exact) mass is 278 g/mol. The van der Waals surface area contributed by atoms with Crippen LogP contribution in [-0.4, -0.2) is 22.1 Å². The van der Waals surface area contributed by atoms with Crippen LogP contribution in [0.15, 0.2) is 0 Å². The summed E-state index contributed by atoms with van der Waals surface area (Å²) in [5.74, 6) is 0.223. The molecule has 0 fully saturated rings. The zero-order chi connectivity index (χ0) is 12.3. The molecule has 1 aromatic rings. The molecule has 7 heteroatoms. The first-order valence-corrected chi connectivity index (χ1v) is 6.13. The van der Waals surface area contributed by atoms with Gasteiger partial charge in [-0.2, -0.15) is 0 Å². The van der Waals surface area contributed by atoms with Crippen LogP contribution in [0.2, 0.25) is 0 Å². The van der Waals surface area contributed by atoms with Crippen molar-refractivity contribution in [1.82, 2.24) is 10.2 Å². The third-order valence-corrected chi connectivity index (χ3v) is 3.32. The van der Waals surface area contributed by atoms with Gasteiger partial charge in [-0.3, -0.25) is 10.1 Å². The molecule has 1 rings (SSSR count). The maximum Gasteiger partial charge on any atom is 0.243 e. The fourth-order valence-electron chi connectivity index (χ4n) is 1.01. The van der Waals surface area contributed by atoms with Crippen LogP contribution in [0.4, 0.5) is 5.13 Å². The van der Waals surface area contributed by atoms with Crippen molar-refractivity contribution in [2.75, 3.05) is 5.32 Å². The van der Waals surface area contributed by atoms with Gasteiger partial charge < -0.3 is 5.73 Å². The smallest absolute Gasteiger partial charge is 0.243 e. The highest BCUT2D eigenvalue weighted by atomic mass is 35.5. The lowest BCUT2D eigenvalue weighted by atomic mass is 10.1. The summed E-state index contributed by atoms with van der Waals surface area (Å²) in [6, 6.07) is -0.508. The van der Waals surface area contributed by atoms with Crippen LogP contribution in [-0.2, 0) is 4.79 Å². The highest BCUT2D eigenvalue weighted by Gasteiger charge is 2.19. The average Bonchev–Trinajstić information content (AvgIpc) is 2.64. The van der Waals surface area contributed by atoms with E-state index in [1.54, 1.807) is 0 Å². The van der Waals surface area contributed by atoms with E-state index in [2.05, 4.69) is 15.5 Å². The molecule has 98 valence electrons. The fourth-order valence-corrected chi connectivity index (χ4v) is 1.76. The van der Waals surface area contributed by atoms with E-state index >= 15 is 0 Å². The fraction of sp³-hybridized carbons (Fsp3) is 0.700. The second-order valence-corrected chi connectivity index (χ2v) is 5.37. The number of carbonyl (C=O) groups is 1. The molecular formula is C10H19ClN4OS. The number of anilines is 1. The van der Waals surface area contributed by atoms with Gasteiger partial charge in [-0.05, 0) is 5.92 Å². The molecule has 0 aliphatic heterocycles. The molecular weight excluding hydrogens is 260 g/mol. The number of aromatic nitrogens is 2. The van der Waals surface area contributed by atoms with Gasteiger partial charge in [-0.15, -0.1) is 22.6 Å². The van der Waals surface area contributed by atoms with Crippen molar-refractivity contribution in [1.29, 1.82) is 0 Å². The van der Waals surface area contributed by atoms with E-state index in [4.69, 9.17) is 5.73 Å². The summed E-state index contributed by atoms with van der Waals surface area (Å²) in [4.78, 5) is 11.6. The van der Waals surface area contributed by atoms with Crippen LogP contribution in [0.1, 0.15) is 38.6 Å². The zero-order valence-electron chi connectivity index (χ0n) is 10.4. The molecule has 0 radical (unpaired) electrons. The Kier molecular flexibility index (Phi) is 6.59. The van der Waals surface area contributed by atoms with Gasteiger partial charge in [0.1, 0.15) is 5.01 Å². The SMILES string of the molecule is CC(C)c1nnc(NC(=O)[C@@H](N)C(C)C)s1.Cl. The average molecular weight is 279 g/mol. The van der Waals surface area contributed by atoms with Crippen LogP contribution in [0, 0.1) is 5.92 Å². The minimum Gasteiger partial charge on any atom is -0.320 e. The predicted molar refractivity (Wildman–Crippen MR) is 72.7 cm³/mol. The number of amides is 1. The summed E-state index contributed by atoms with van der Waals surface area (Å²) >= 11 is 1.39. The molecule has 0 aromatic carbocycles. The molecule has 0 unspecified atom stereocenters. The Morgan fingerprint density at radius 2 is 1.88 bits per heavy atom. The number of carbonyl (C=O) groups excluding carboxylic acids is 1. The standard InChI is InChI=1S/C10H18N4OS.ClH/c1-5(2)7(11)8(15)12-10-14-13-9(16-10)6(3)4;/h5-7H,11H2,1-4H3,(H,12,14,15);1H/t7-;/m0./s1. The lowest BCUT2D eigenvalue weighted by molar-refractivity contribution is -0.118. The van der Waals surface area contributed by atoms with Crippen molar-refractivity contribution in [2.45, 2.75) is 39.7 Å². The van der Waals surface area contributed by atoms with Gasteiger partial charge in [0, 0.05) is 5.92 Å². The van der Waals surface area contributed by atoms with E-state index in [0.717, 1.165) is 5.01 Å². The number of hydrogen-bond acceptors (Lipinski definition) is 5. The van der Waals surface area contributed by atoms with Gasteiger partial charge >= 0.3 is 0 Å². The molecule has 5 nitrogen and oxygen atoms in total. The lowest BCUT2D eigenvalue weighted by Crippen LogP contribution is -2.39. The molecule has 0 bridgehead atoms. The largest absolute Gasteiger partial charge is 0.320 e. The van der Waals surface area contributed by atoms with Crippen molar-refractivity contribution in [3.63, 3.8) is 0 Å². The first-order valence-electron chi connectivity index (χ1n) is 5.31. The lowest BCUT2D eigenvalue weighted by Gasteiger charge is -2.13. The normalized spacial score (nSPS) is 12.4. The highest BCUT2D eigenvalue weighted by Crippen LogP contribution is 2.22. The highest BCUT2D eigenvalue weighted by molar-refractivity contribution is 7.15. The van der Waals surface area contributed by atoms with E-state index in [-0.39, 0.29) is 24.2 Å². The molecule has 0 saturated carbocycles. The first kappa shape index (κ1) is 16.3. The summed E-state index contributed by atoms with van der Waals surface area (Å²) in [6.07, 6.45) is 0. The van der Waals surface area contributed by atoms with Crippen LogP contribution in [0.25, 0.3) is 0 Å². The van der Waals surface area contributed by atoms with Gasteiger partial charge in [0.2, 0.25) is 11.0 Å². The summed E-state index contributed by atoms with van der Waals surface area (Å²) in [5, 5.41) is 12.0. The van der Waals surface area contributed by atoms with E-state index in [1.807, 2.05) is 27.7 Å². The Morgan fingerprint density at radius 3 is 2.29 bits per heavy atom. The minimum absolute atomic E-state index is 0. The second kappa shape index (κ2) is 6.88. The van der Waals surface area contributed by atoms with Crippen LogP contribution in [0.5, 0.6) is 0 Å². The molecule has 0 saturated heterocycles. The molecule has 1 heterocycles. The number of hydrogen-bond donors (Lipinski definition) is 2.